The summed E-state index contributed by atoms with van der Waals surface area (Å²) in [4.78, 5) is 29.3. The molecule has 0 aliphatic carbocycles. The average Bonchev–Trinajstić information content (AvgIpc) is 3.08. The number of carbonyl (C=O) groups excluding carboxylic acids is 2. The second-order valence-corrected chi connectivity index (χ2v) is 8.27. The lowest BCUT2D eigenvalue weighted by molar-refractivity contribution is -0.132. The second kappa shape index (κ2) is 11.1. The zero-order valence-electron chi connectivity index (χ0n) is 18.9. The Hall–Kier alpha value is -2.64. The van der Waals surface area contributed by atoms with Gasteiger partial charge in [0.25, 0.3) is 0 Å². The number of ether oxygens (including phenoxy) is 3. The summed E-state index contributed by atoms with van der Waals surface area (Å²) in [6.07, 6.45) is 6.98. The Kier molecular flexibility index (Phi) is 8.26. The number of nitrogens with one attached hydrogen (secondary N) is 1. The number of hydrogen-bond donors (Lipinski definition) is 1. The summed E-state index contributed by atoms with van der Waals surface area (Å²) in [5.74, 6) is 2.09. The van der Waals surface area contributed by atoms with Gasteiger partial charge in [0.05, 0.1) is 27.0 Å². The molecule has 2 fully saturated rings. The lowest BCUT2D eigenvalue weighted by atomic mass is 9.93. The molecule has 2 aliphatic rings. The van der Waals surface area contributed by atoms with Crippen LogP contribution in [0.25, 0.3) is 0 Å². The molecule has 0 aromatic heterocycles. The largest absolute Gasteiger partial charge is 0.493 e. The van der Waals surface area contributed by atoms with Crippen LogP contribution in [0.15, 0.2) is 12.1 Å². The average molecular weight is 434 g/mol. The molecule has 172 valence electrons. The molecule has 2 heterocycles. The predicted octanol–water partition coefficient (Wildman–Crippen LogP) is 3.75. The third-order valence-corrected chi connectivity index (χ3v) is 6.24. The Morgan fingerprint density at radius 2 is 1.45 bits per heavy atom. The highest BCUT2D eigenvalue weighted by atomic mass is 16.5. The van der Waals surface area contributed by atoms with E-state index in [1.165, 1.54) is 12.8 Å². The van der Waals surface area contributed by atoms with Gasteiger partial charge in [-0.25, -0.2) is 4.79 Å². The van der Waals surface area contributed by atoms with E-state index in [0.29, 0.717) is 48.4 Å². The van der Waals surface area contributed by atoms with Crippen molar-refractivity contribution in [3.63, 3.8) is 0 Å². The smallest absolute Gasteiger partial charge is 0.321 e. The van der Waals surface area contributed by atoms with Crippen molar-refractivity contribution in [1.82, 2.24) is 9.80 Å². The number of piperidine rings is 1. The molecule has 0 atom stereocenters. The fourth-order valence-electron chi connectivity index (χ4n) is 4.39. The number of amides is 3. The Balaban J connectivity index is 1.51. The Labute approximate surface area is 184 Å². The van der Waals surface area contributed by atoms with Crippen molar-refractivity contribution < 1.29 is 23.8 Å². The lowest BCUT2D eigenvalue weighted by Gasteiger charge is -2.33. The molecule has 0 saturated carbocycles. The van der Waals surface area contributed by atoms with Gasteiger partial charge in [0.2, 0.25) is 11.7 Å². The van der Waals surface area contributed by atoms with Gasteiger partial charge >= 0.3 is 6.03 Å². The van der Waals surface area contributed by atoms with E-state index < -0.39 is 0 Å². The SMILES string of the molecule is COc1cc(NC(=O)N2CCC(CC(=O)N3CCCCCC3)CC2)cc(OC)c1OC. The van der Waals surface area contributed by atoms with Gasteiger partial charge in [-0.2, -0.15) is 0 Å². The third kappa shape index (κ3) is 5.95. The van der Waals surface area contributed by atoms with E-state index in [1.54, 1.807) is 38.4 Å². The summed E-state index contributed by atoms with van der Waals surface area (Å²) >= 11 is 0. The second-order valence-electron chi connectivity index (χ2n) is 8.27. The molecule has 31 heavy (non-hydrogen) atoms. The molecule has 8 heteroatoms. The van der Waals surface area contributed by atoms with Gasteiger partial charge in [-0.15, -0.1) is 0 Å². The number of carbonyl (C=O) groups is 2. The number of likely N-dealkylation sites (tertiary alicyclic amines) is 2. The van der Waals surface area contributed by atoms with Gasteiger partial charge in [-0.3, -0.25) is 4.79 Å². The highest BCUT2D eigenvalue weighted by Gasteiger charge is 2.27. The van der Waals surface area contributed by atoms with Gasteiger partial charge in [0.1, 0.15) is 0 Å². The van der Waals surface area contributed by atoms with Gasteiger partial charge in [-0.1, -0.05) is 12.8 Å². The van der Waals surface area contributed by atoms with Crippen LogP contribution in [0.2, 0.25) is 0 Å². The fraction of sp³-hybridized carbons (Fsp3) is 0.652. The Morgan fingerprint density at radius 1 is 0.871 bits per heavy atom. The van der Waals surface area contributed by atoms with E-state index in [4.69, 9.17) is 14.2 Å². The van der Waals surface area contributed by atoms with Crippen LogP contribution in [-0.4, -0.2) is 69.2 Å². The molecule has 3 rings (SSSR count). The summed E-state index contributed by atoms with van der Waals surface area (Å²) in [5, 5.41) is 2.92. The first kappa shape index (κ1) is 23.0. The van der Waals surface area contributed by atoms with Crippen molar-refractivity contribution in [2.75, 3.05) is 52.8 Å². The quantitative estimate of drug-likeness (QED) is 0.739. The van der Waals surface area contributed by atoms with Gasteiger partial charge in [0, 0.05) is 44.7 Å². The highest BCUT2D eigenvalue weighted by molar-refractivity contribution is 5.90. The van der Waals surface area contributed by atoms with Crippen LogP contribution in [0.1, 0.15) is 44.9 Å². The standard InChI is InChI=1S/C23H35N3O5/c1-29-19-15-18(16-20(30-2)22(19)31-3)24-23(28)26-12-8-17(9-13-26)14-21(27)25-10-6-4-5-7-11-25/h15-17H,4-14H2,1-3H3,(H,24,28). The molecular formula is C23H35N3O5. The topological polar surface area (TPSA) is 80.3 Å². The molecule has 1 aromatic rings. The summed E-state index contributed by atoms with van der Waals surface area (Å²) in [6.45, 7) is 3.09. The molecule has 0 unspecified atom stereocenters. The summed E-state index contributed by atoms with van der Waals surface area (Å²) in [5.41, 5.74) is 0.581. The zero-order valence-corrected chi connectivity index (χ0v) is 18.9. The number of rotatable bonds is 6. The van der Waals surface area contributed by atoms with E-state index >= 15 is 0 Å². The first-order chi connectivity index (χ1) is 15.0. The normalized spacial score (nSPS) is 17.6. The number of hydrogen-bond acceptors (Lipinski definition) is 5. The molecule has 0 bridgehead atoms. The molecule has 2 saturated heterocycles. The van der Waals surface area contributed by atoms with Crippen LogP contribution in [0.4, 0.5) is 10.5 Å². The zero-order chi connectivity index (χ0) is 22.2. The maximum Gasteiger partial charge on any atom is 0.321 e. The fourth-order valence-corrected chi connectivity index (χ4v) is 4.39. The summed E-state index contributed by atoms with van der Waals surface area (Å²) in [7, 11) is 4.63. The van der Waals surface area contributed by atoms with Gasteiger partial charge in [-0.05, 0) is 31.6 Å². The first-order valence-electron chi connectivity index (χ1n) is 11.2. The monoisotopic (exact) mass is 433 g/mol. The summed E-state index contributed by atoms with van der Waals surface area (Å²) < 4.78 is 16.0. The van der Waals surface area contributed by atoms with Crippen LogP contribution in [0.5, 0.6) is 17.2 Å². The predicted molar refractivity (Wildman–Crippen MR) is 119 cm³/mol. The Morgan fingerprint density at radius 3 is 1.97 bits per heavy atom. The van der Waals surface area contributed by atoms with Crippen LogP contribution in [-0.2, 0) is 4.79 Å². The minimum absolute atomic E-state index is 0.161. The molecule has 2 aliphatic heterocycles. The van der Waals surface area contributed by atoms with Gasteiger partial charge < -0.3 is 29.3 Å². The number of nitrogens with zero attached hydrogens (tertiary/aromatic N) is 2. The third-order valence-electron chi connectivity index (χ3n) is 6.24. The number of benzene rings is 1. The maximum absolute atomic E-state index is 12.8. The van der Waals surface area contributed by atoms with E-state index in [9.17, 15) is 9.59 Å². The van der Waals surface area contributed by atoms with Crippen molar-refractivity contribution in [3.05, 3.63) is 12.1 Å². The lowest BCUT2D eigenvalue weighted by Crippen LogP contribution is -2.42. The number of anilines is 1. The molecule has 0 spiro atoms. The molecule has 1 aromatic carbocycles. The van der Waals surface area contributed by atoms with Crippen LogP contribution >= 0.6 is 0 Å². The minimum Gasteiger partial charge on any atom is -0.493 e. The molecule has 0 radical (unpaired) electrons. The highest BCUT2D eigenvalue weighted by Crippen LogP contribution is 2.40. The number of methoxy groups -OCH3 is 3. The van der Waals surface area contributed by atoms with Gasteiger partial charge in [0.15, 0.2) is 11.5 Å². The van der Waals surface area contributed by atoms with Crippen molar-refractivity contribution >= 4 is 17.6 Å². The number of urea groups is 1. The van der Waals surface area contributed by atoms with E-state index in [2.05, 4.69) is 5.32 Å². The maximum atomic E-state index is 12.8. The van der Waals surface area contributed by atoms with Crippen molar-refractivity contribution in [1.29, 1.82) is 0 Å². The Bertz CT molecular complexity index is 729. The van der Waals surface area contributed by atoms with Crippen molar-refractivity contribution in [2.45, 2.75) is 44.9 Å². The minimum atomic E-state index is -0.161. The van der Waals surface area contributed by atoms with Crippen LogP contribution < -0.4 is 19.5 Å². The first-order valence-corrected chi connectivity index (χ1v) is 11.2. The van der Waals surface area contributed by atoms with E-state index in [-0.39, 0.29) is 11.9 Å². The van der Waals surface area contributed by atoms with Crippen molar-refractivity contribution in [2.24, 2.45) is 5.92 Å². The molecule has 3 amide bonds. The van der Waals surface area contributed by atoms with Crippen LogP contribution in [0.3, 0.4) is 0 Å². The molecule has 1 N–H and O–H groups in total. The molecular weight excluding hydrogens is 398 g/mol. The van der Waals surface area contributed by atoms with E-state index in [0.717, 1.165) is 38.8 Å². The van der Waals surface area contributed by atoms with Crippen molar-refractivity contribution in [3.8, 4) is 17.2 Å². The molecule has 8 nitrogen and oxygen atoms in total. The van der Waals surface area contributed by atoms with Crippen LogP contribution in [0, 0.1) is 5.92 Å². The van der Waals surface area contributed by atoms with E-state index in [1.807, 2.05) is 4.90 Å². The summed E-state index contributed by atoms with van der Waals surface area (Å²) in [6, 6.07) is 3.27.